The summed E-state index contributed by atoms with van der Waals surface area (Å²) in [4.78, 5) is 22.9. The summed E-state index contributed by atoms with van der Waals surface area (Å²) in [7, 11) is 0. The monoisotopic (exact) mass is 308 g/mol. The number of aliphatic hydroxyl groups excluding tert-OH is 1. The smallest absolute Gasteiger partial charge is 0.285 e. The second-order valence-electron chi connectivity index (χ2n) is 6.59. The first kappa shape index (κ1) is 18.1. The molecule has 0 radical (unpaired) electrons. The van der Waals surface area contributed by atoms with E-state index in [9.17, 15) is 20.0 Å². The number of hydrogen-bond acceptors (Lipinski definition) is 4. The van der Waals surface area contributed by atoms with Crippen LogP contribution in [0.1, 0.15) is 43.6 Å². The summed E-state index contributed by atoms with van der Waals surface area (Å²) in [5.74, 6) is -0.445. The molecule has 1 amide bonds. The summed E-state index contributed by atoms with van der Waals surface area (Å²) < 4.78 is 0. The number of hydrogen-bond donors (Lipinski definition) is 2. The molecule has 6 nitrogen and oxygen atoms in total. The molecule has 1 aromatic carbocycles. The van der Waals surface area contributed by atoms with E-state index in [1.165, 1.54) is 6.07 Å². The topological polar surface area (TPSA) is 92.5 Å². The van der Waals surface area contributed by atoms with Gasteiger partial charge in [0, 0.05) is 17.5 Å². The van der Waals surface area contributed by atoms with E-state index in [0.717, 1.165) is 0 Å². The van der Waals surface area contributed by atoms with Crippen molar-refractivity contribution >= 4 is 11.6 Å². The lowest BCUT2D eigenvalue weighted by atomic mass is 9.80. The fourth-order valence-corrected chi connectivity index (χ4v) is 2.49. The van der Waals surface area contributed by atoms with Gasteiger partial charge in [0.15, 0.2) is 0 Å². The van der Waals surface area contributed by atoms with Crippen LogP contribution in [0.4, 0.5) is 5.69 Å². The minimum Gasteiger partial charge on any atom is -0.392 e. The zero-order valence-electron chi connectivity index (χ0n) is 13.7. The zero-order valence-corrected chi connectivity index (χ0v) is 13.7. The van der Waals surface area contributed by atoms with E-state index in [4.69, 9.17) is 0 Å². The second kappa shape index (κ2) is 6.87. The standard InChI is InChI=1S/C16H24N2O4/c1-10(2)14(19)16(4,5)9-17-15(20)12-8-6-7-11(3)13(12)18(21)22/h6-8,10,14,19H,9H2,1-5H3,(H,17,20). The Morgan fingerprint density at radius 1 is 1.41 bits per heavy atom. The molecular weight excluding hydrogens is 284 g/mol. The number of aliphatic hydroxyl groups is 1. The number of para-hydroxylation sites is 1. The molecule has 6 heteroatoms. The van der Waals surface area contributed by atoms with E-state index in [1.807, 2.05) is 27.7 Å². The SMILES string of the molecule is Cc1cccc(C(=O)NCC(C)(C)C(O)C(C)C)c1[N+](=O)[O-]. The molecule has 0 saturated heterocycles. The van der Waals surface area contributed by atoms with Gasteiger partial charge in [-0.15, -0.1) is 0 Å². The molecule has 1 aromatic rings. The molecule has 0 bridgehead atoms. The van der Waals surface area contributed by atoms with Gasteiger partial charge in [-0.2, -0.15) is 0 Å². The molecule has 2 N–H and O–H groups in total. The largest absolute Gasteiger partial charge is 0.392 e. The molecule has 1 atom stereocenters. The lowest BCUT2D eigenvalue weighted by Gasteiger charge is -2.33. The van der Waals surface area contributed by atoms with E-state index < -0.39 is 22.3 Å². The maximum absolute atomic E-state index is 12.3. The number of amides is 1. The number of carbonyl (C=O) groups excluding carboxylic acids is 1. The van der Waals surface area contributed by atoms with Crippen molar-refractivity contribution in [1.29, 1.82) is 0 Å². The Hall–Kier alpha value is -1.95. The molecule has 0 saturated carbocycles. The van der Waals surface area contributed by atoms with Gasteiger partial charge in [0.25, 0.3) is 11.6 Å². The Morgan fingerprint density at radius 2 is 2.00 bits per heavy atom. The van der Waals surface area contributed by atoms with Gasteiger partial charge in [-0.1, -0.05) is 39.8 Å². The van der Waals surface area contributed by atoms with E-state index >= 15 is 0 Å². The number of nitro groups is 1. The molecule has 0 spiro atoms. The third-order valence-corrected chi connectivity index (χ3v) is 3.80. The predicted octanol–water partition coefficient (Wildman–Crippen LogP) is 2.68. The highest BCUT2D eigenvalue weighted by molar-refractivity contribution is 5.98. The molecule has 0 heterocycles. The van der Waals surface area contributed by atoms with Crippen molar-refractivity contribution in [2.45, 2.75) is 40.7 Å². The Balaban J connectivity index is 2.92. The van der Waals surface area contributed by atoms with Gasteiger partial charge in [0.1, 0.15) is 5.56 Å². The van der Waals surface area contributed by atoms with E-state index in [-0.39, 0.29) is 23.7 Å². The highest BCUT2D eigenvalue weighted by Gasteiger charge is 2.31. The van der Waals surface area contributed by atoms with E-state index in [1.54, 1.807) is 19.1 Å². The van der Waals surface area contributed by atoms with Crippen molar-refractivity contribution in [3.8, 4) is 0 Å². The fourth-order valence-electron chi connectivity index (χ4n) is 2.49. The Morgan fingerprint density at radius 3 is 2.50 bits per heavy atom. The van der Waals surface area contributed by atoms with Gasteiger partial charge in [-0.25, -0.2) is 0 Å². The lowest BCUT2D eigenvalue weighted by Crippen LogP contribution is -2.43. The summed E-state index contributed by atoms with van der Waals surface area (Å²) in [5.41, 5.74) is -0.219. The molecule has 0 aliphatic rings. The van der Waals surface area contributed by atoms with Crippen molar-refractivity contribution in [2.24, 2.45) is 11.3 Å². The van der Waals surface area contributed by atoms with E-state index in [2.05, 4.69) is 5.32 Å². The maximum atomic E-state index is 12.3. The molecule has 0 aliphatic heterocycles. The number of nitrogens with one attached hydrogen (secondary N) is 1. The Kier molecular flexibility index (Phi) is 5.65. The van der Waals surface area contributed by atoms with Crippen LogP contribution in [0.5, 0.6) is 0 Å². The average Bonchev–Trinajstić information content (AvgIpc) is 2.43. The van der Waals surface area contributed by atoms with Crippen LogP contribution in [-0.4, -0.2) is 28.6 Å². The van der Waals surface area contributed by atoms with Gasteiger partial charge in [0.05, 0.1) is 11.0 Å². The van der Waals surface area contributed by atoms with Crippen LogP contribution >= 0.6 is 0 Å². The highest BCUT2D eigenvalue weighted by atomic mass is 16.6. The van der Waals surface area contributed by atoms with Gasteiger partial charge >= 0.3 is 0 Å². The third kappa shape index (κ3) is 4.04. The predicted molar refractivity (Wildman–Crippen MR) is 84.8 cm³/mol. The van der Waals surface area contributed by atoms with Crippen molar-refractivity contribution in [3.05, 3.63) is 39.4 Å². The lowest BCUT2D eigenvalue weighted by molar-refractivity contribution is -0.385. The molecule has 22 heavy (non-hydrogen) atoms. The van der Waals surface area contributed by atoms with Gasteiger partial charge in [0.2, 0.25) is 0 Å². The van der Waals surface area contributed by atoms with Crippen molar-refractivity contribution in [1.82, 2.24) is 5.32 Å². The van der Waals surface area contributed by atoms with Crippen LogP contribution in [0.2, 0.25) is 0 Å². The number of aryl methyl sites for hydroxylation is 1. The van der Waals surface area contributed by atoms with Crippen LogP contribution in [0.3, 0.4) is 0 Å². The number of benzene rings is 1. The minimum absolute atomic E-state index is 0.0415. The van der Waals surface area contributed by atoms with Crippen LogP contribution in [0.25, 0.3) is 0 Å². The van der Waals surface area contributed by atoms with Crippen LogP contribution < -0.4 is 5.32 Å². The van der Waals surface area contributed by atoms with Crippen LogP contribution in [-0.2, 0) is 0 Å². The first-order valence-electron chi connectivity index (χ1n) is 7.28. The highest BCUT2D eigenvalue weighted by Crippen LogP contribution is 2.26. The number of rotatable bonds is 6. The Labute approximate surface area is 130 Å². The first-order chi connectivity index (χ1) is 10.1. The fraction of sp³-hybridized carbons (Fsp3) is 0.562. The summed E-state index contributed by atoms with van der Waals surface area (Å²) in [6.07, 6.45) is -0.583. The number of nitro benzene ring substituents is 1. The van der Waals surface area contributed by atoms with Crippen molar-refractivity contribution < 1.29 is 14.8 Å². The third-order valence-electron chi connectivity index (χ3n) is 3.80. The molecule has 0 fully saturated rings. The zero-order chi connectivity index (χ0) is 17.1. The first-order valence-corrected chi connectivity index (χ1v) is 7.28. The summed E-state index contributed by atoms with van der Waals surface area (Å²) in [6, 6.07) is 4.65. The molecule has 1 rings (SSSR count). The summed E-state index contributed by atoms with van der Waals surface area (Å²) >= 11 is 0. The average molecular weight is 308 g/mol. The summed E-state index contributed by atoms with van der Waals surface area (Å²) in [5, 5.41) is 24.0. The molecule has 122 valence electrons. The van der Waals surface area contributed by atoms with Gasteiger partial charge in [-0.05, 0) is 18.9 Å². The second-order valence-corrected chi connectivity index (χ2v) is 6.59. The van der Waals surface area contributed by atoms with Crippen molar-refractivity contribution in [2.75, 3.05) is 6.54 Å². The number of carbonyl (C=O) groups is 1. The van der Waals surface area contributed by atoms with E-state index in [0.29, 0.717) is 5.56 Å². The number of nitrogens with zero attached hydrogens (tertiary/aromatic N) is 1. The molecule has 1 unspecified atom stereocenters. The molecular formula is C16H24N2O4. The Bertz CT molecular complexity index is 567. The minimum atomic E-state index is -0.583. The molecule has 0 aliphatic carbocycles. The van der Waals surface area contributed by atoms with Crippen LogP contribution in [0, 0.1) is 28.4 Å². The van der Waals surface area contributed by atoms with Crippen molar-refractivity contribution in [3.63, 3.8) is 0 Å². The van der Waals surface area contributed by atoms with Gasteiger partial charge in [-0.3, -0.25) is 14.9 Å². The maximum Gasteiger partial charge on any atom is 0.285 e. The summed E-state index contributed by atoms with van der Waals surface area (Å²) in [6.45, 7) is 9.34. The van der Waals surface area contributed by atoms with Crippen LogP contribution in [0.15, 0.2) is 18.2 Å². The normalized spacial score (nSPS) is 13.0. The quantitative estimate of drug-likeness (QED) is 0.624. The molecule has 0 aromatic heterocycles. The van der Waals surface area contributed by atoms with Gasteiger partial charge < -0.3 is 10.4 Å².